The highest BCUT2D eigenvalue weighted by atomic mass is 32.1. The smallest absolute Gasteiger partial charge is 0.0881 e. The fourth-order valence-corrected chi connectivity index (χ4v) is 10.7. The van der Waals surface area contributed by atoms with Gasteiger partial charge in [0.2, 0.25) is 0 Å². The minimum absolute atomic E-state index is 0.251. The summed E-state index contributed by atoms with van der Waals surface area (Å²) in [6, 6.07) is 69.3. The number of rotatable bonds is 8. The van der Waals surface area contributed by atoms with Crippen molar-refractivity contribution in [1.82, 2.24) is 4.57 Å². The molecule has 2 aliphatic carbocycles. The van der Waals surface area contributed by atoms with Crippen molar-refractivity contribution < 1.29 is 0 Å². The predicted octanol–water partition coefficient (Wildman–Crippen LogP) is 16.4. The average Bonchev–Trinajstić information content (AvgIpc) is 3.69. The molecule has 0 amide bonds. The molecular formula is C58H48N2S. The monoisotopic (exact) mass is 804 g/mol. The molecular weight excluding hydrogens is 757 g/mol. The number of fused-ring (bicyclic) bond motifs is 5. The van der Waals surface area contributed by atoms with Crippen LogP contribution in [0.2, 0.25) is 0 Å². The molecule has 2 aliphatic rings. The summed E-state index contributed by atoms with van der Waals surface area (Å²) in [6.45, 7) is 0. The summed E-state index contributed by atoms with van der Waals surface area (Å²) < 4.78 is 2.62. The topological polar surface area (TPSA) is 8.17 Å². The number of thiol groups is 1. The van der Waals surface area contributed by atoms with Crippen molar-refractivity contribution in [3.05, 3.63) is 211 Å². The molecule has 0 atom stereocenters. The minimum Gasteiger partial charge on any atom is -0.325 e. The van der Waals surface area contributed by atoms with Gasteiger partial charge in [0.15, 0.2) is 0 Å². The first kappa shape index (κ1) is 37.4. The van der Waals surface area contributed by atoms with Crippen LogP contribution < -0.4 is 4.90 Å². The van der Waals surface area contributed by atoms with Gasteiger partial charge < -0.3 is 9.47 Å². The van der Waals surface area contributed by atoms with Gasteiger partial charge >= 0.3 is 0 Å². The third kappa shape index (κ3) is 6.88. The van der Waals surface area contributed by atoms with E-state index in [1.165, 1.54) is 102 Å². The first-order valence-electron chi connectivity index (χ1n) is 21.9. The van der Waals surface area contributed by atoms with E-state index in [-0.39, 0.29) is 4.87 Å². The number of nitrogens with zero attached hydrogens (tertiary/aromatic N) is 2. The Bertz CT molecular complexity index is 3060. The largest absolute Gasteiger partial charge is 0.325 e. The highest BCUT2D eigenvalue weighted by Gasteiger charge is 2.34. The maximum absolute atomic E-state index is 5.59. The summed E-state index contributed by atoms with van der Waals surface area (Å²) in [5, 5.41) is 5.16. The molecule has 0 saturated heterocycles. The SMILES string of the molecule is SC1(n2c3cccc(-c4cccc(N(C5=CC=C(c6ccccc6)CC5)c5cc(-c6ccccc6)cc(-c6ccccc6)c5)c4)c3c3ccc4ccccc4c32)CCCCC1. The summed E-state index contributed by atoms with van der Waals surface area (Å²) in [5.74, 6) is 0. The van der Waals surface area contributed by atoms with Gasteiger partial charge in [-0.3, -0.25) is 0 Å². The highest BCUT2D eigenvalue weighted by molar-refractivity contribution is 7.81. The Hall–Kier alpha value is -6.55. The van der Waals surface area contributed by atoms with Crippen molar-refractivity contribution >= 4 is 62.2 Å². The molecule has 1 heterocycles. The zero-order chi connectivity index (χ0) is 40.8. The summed E-state index contributed by atoms with van der Waals surface area (Å²) in [6.07, 6.45) is 12.4. The van der Waals surface area contributed by atoms with E-state index < -0.39 is 0 Å². The third-order valence-electron chi connectivity index (χ3n) is 13.1. The number of benzene rings is 8. The molecule has 61 heavy (non-hydrogen) atoms. The van der Waals surface area contributed by atoms with Gasteiger partial charge in [-0.1, -0.05) is 177 Å². The van der Waals surface area contributed by atoms with Gasteiger partial charge in [-0.15, -0.1) is 0 Å². The van der Waals surface area contributed by atoms with Crippen LogP contribution in [0.3, 0.4) is 0 Å². The standard InChI is InChI=1S/C58H48N2S/c61-58(35-13-4-14-36-58)60-55-28-16-27-52(56(55)54-34-31-45-23-11-12-26-53(45)57(54)60)46-24-15-25-50(38-46)59(49-32-29-44(30-33-49)41-17-5-1-6-18-41)51-39-47(42-19-7-2-8-20-42)37-48(40-51)43-21-9-3-10-22-43/h1-3,5-12,15-29,31-32,34,37-40,61H,4,13-14,30,33,35-36H2. The molecule has 1 fully saturated rings. The lowest BCUT2D eigenvalue weighted by Gasteiger charge is -2.36. The van der Waals surface area contributed by atoms with Crippen molar-refractivity contribution in [2.45, 2.75) is 49.8 Å². The molecule has 0 aliphatic heterocycles. The van der Waals surface area contributed by atoms with Crippen LogP contribution in [0.1, 0.15) is 50.5 Å². The fourth-order valence-electron chi connectivity index (χ4n) is 10.2. The Morgan fingerprint density at radius 2 is 1.08 bits per heavy atom. The van der Waals surface area contributed by atoms with Gasteiger partial charge in [0, 0.05) is 33.2 Å². The van der Waals surface area contributed by atoms with Crippen LogP contribution in [-0.2, 0) is 4.87 Å². The molecule has 0 N–H and O–H groups in total. The van der Waals surface area contributed by atoms with E-state index in [4.69, 9.17) is 12.6 Å². The van der Waals surface area contributed by atoms with Gasteiger partial charge in [-0.05, 0) is 118 Å². The summed E-state index contributed by atoms with van der Waals surface area (Å²) in [4.78, 5) is 2.27. The Balaban J connectivity index is 1.13. The third-order valence-corrected chi connectivity index (χ3v) is 13.8. The first-order chi connectivity index (χ1) is 30.1. The lowest BCUT2D eigenvalue weighted by molar-refractivity contribution is 0.328. The van der Waals surface area contributed by atoms with Gasteiger partial charge in [-0.2, -0.15) is 12.6 Å². The molecule has 0 radical (unpaired) electrons. The molecule has 0 unspecified atom stereocenters. The van der Waals surface area contributed by atoms with E-state index >= 15 is 0 Å². The lowest BCUT2D eigenvalue weighted by atomic mass is 9.93. The molecule has 3 heteroatoms. The number of anilines is 2. The van der Waals surface area contributed by atoms with E-state index in [9.17, 15) is 0 Å². The van der Waals surface area contributed by atoms with Gasteiger partial charge in [0.1, 0.15) is 0 Å². The Morgan fingerprint density at radius 3 is 1.77 bits per heavy atom. The van der Waals surface area contributed by atoms with Crippen LogP contribution in [-0.4, -0.2) is 4.57 Å². The fraction of sp³-hybridized carbons (Fsp3) is 0.138. The lowest BCUT2D eigenvalue weighted by Crippen LogP contribution is -2.29. The number of hydrogen-bond acceptors (Lipinski definition) is 2. The zero-order valence-corrected chi connectivity index (χ0v) is 35.2. The molecule has 1 saturated carbocycles. The number of allylic oxidation sites excluding steroid dienone is 4. The van der Waals surface area contributed by atoms with Crippen LogP contribution >= 0.6 is 12.6 Å². The van der Waals surface area contributed by atoms with Crippen molar-refractivity contribution in [3.63, 3.8) is 0 Å². The van der Waals surface area contributed by atoms with Crippen LogP contribution in [0.25, 0.3) is 71.5 Å². The van der Waals surface area contributed by atoms with Crippen molar-refractivity contribution in [3.8, 4) is 33.4 Å². The van der Waals surface area contributed by atoms with E-state index in [0.29, 0.717) is 0 Å². The Labute approximate surface area is 364 Å². The van der Waals surface area contributed by atoms with E-state index in [0.717, 1.165) is 37.1 Å². The zero-order valence-electron chi connectivity index (χ0n) is 34.3. The summed E-state index contributed by atoms with van der Waals surface area (Å²) in [7, 11) is 0. The minimum atomic E-state index is -0.251. The number of hydrogen-bond donors (Lipinski definition) is 1. The normalized spacial score (nSPS) is 15.2. The van der Waals surface area contributed by atoms with Crippen molar-refractivity contribution in [1.29, 1.82) is 0 Å². The molecule has 1 aromatic heterocycles. The number of aromatic nitrogens is 1. The van der Waals surface area contributed by atoms with Crippen molar-refractivity contribution in [2.24, 2.45) is 0 Å². The first-order valence-corrected chi connectivity index (χ1v) is 22.4. The Kier molecular flexibility index (Phi) is 9.70. The van der Waals surface area contributed by atoms with Gasteiger partial charge in [0.25, 0.3) is 0 Å². The summed E-state index contributed by atoms with van der Waals surface area (Å²) >= 11 is 5.59. The second kappa shape index (κ2) is 15.8. The van der Waals surface area contributed by atoms with Crippen LogP contribution in [0, 0.1) is 0 Å². The maximum Gasteiger partial charge on any atom is 0.0881 e. The van der Waals surface area contributed by atoms with E-state index in [1.807, 2.05) is 0 Å². The quantitative estimate of drug-likeness (QED) is 0.150. The second-order valence-corrected chi connectivity index (χ2v) is 17.7. The van der Waals surface area contributed by atoms with Crippen LogP contribution in [0.5, 0.6) is 0 Å². The van der Waals surface area contributed by atoms with Crippen molar-refractivity contribution in [2.75, 3.05) is 4.90 Å². The molecule has 0 bridgehead atoms. The van der Waals surface area contributed by atoms with Crippen LogP contribution in [0.4, 0.5) is 11.4 Å². The Morgan fingerprint density at radius 1 is 0.459 bits per heavy atom. The van der Waals surface area contributed by atoms with Crippen LogP contribution in [0.15, 0.2) is 206 Å². The molecule has 8 aromatic carbocycles. The predicted molar refractivity (Wildman–Crippen MR) is 264 cm³/mol. The molecule has 9 aromatic rings. The average molecular weight is 805 g/mol. The van der Waals surface area contributed by atoms with E-state index in [1.54, 1.807) is 0 Å². The molecule has 0 spiro atoms. The summed E-state index contributed by atoms with van der Waals surface area (Å²) in [5.41, 5.74) is 16.1. The second-order valence-electron chi connectivity index (χ2n) is 16.9. The van der Waals surface area contributed by atoms with Gasteiger partial charge in [-0.25, -0.2) is 0 Å². The van der Waals surface area contributed by atoms with Gasteiger partial charge in [0.05, 0.1) is 15.9 Å². The maximum atomic E-state index is 5.59. The highest BCUT2D eigenvalue weighted by Crippen LogP contribution is 2.49. The molecule has 296 valence electrons. The molecule has 2 nitrogen and oxygen atoms in total. The van der Waals surface area contributed by atoms with E-state index in [2.05, 4.69) is 210 Å². The molecule has 11 rings (SSSR count).